The molecule has 0 aliphatic carbocycles. The second-order valence-electron chi connectivity index (χ2n) is 5.25. The Kier molecular flexibility index (Phi) is 4.81. The summed E-state index contributed by atoms with van der Waals surface area (Å²) in [6, 6.07) is 11.7. The molecule has 2 rings (SSSR count). The van der Waals surface area contributed by atoms with Gasteiger partial charge in [0.2, 0.25) is 0 Å². The number of rotatable bonds is 5. The Morgan fingerprint density at radius 2 is 1.81 bits per heavy atom. The van der Waals surface area contributed by atoms with Crippen LogP contribution in [0.15, 0.2) is 42.5 Å². The predicted octanol–water partition coefficient (Wildman–Crippen LogP) is 3.40. The van der Waals surface area contributed by atoms with Gasteiger partial charge < -0.3 is 15.1 Å². The molecule has 0 amide bonds. The second kappa shape index (κ2) is 6.59. The van der Waals surface area contributed by atoms with Crippen molar-refractivity contribution in [3.63, 3.8) is 0 Å². The Hall–Kier alpha value is -2.07. The normalized spacial score (nSPS) is 12.2. The zero-order chi connectivity index (χ0) is 15.4. The Morgan fingerprint density at radius 1 is 1.14 bits per heavy atom. The molecule has 0 saturated carbocycles. The SMILES string of the molecule is Cc1ccc(C(O)CCN(C)c2ccc(O)cc2)cc1F. The zero-order valence-corrected chi connectivity index (χ0v) is 12.3. The third-order valence-corrected chi connectivity index (χ3v) is 3.61. The molecule has 1 atom stereocenters. The van der Waals surface area contributed by atoms with E-state index >= 15 is 0 Å². The fourth-order valence-corrected chi connectivity index (χ4v) is 2.14. The molecular weight excluding hydrogens is 269 g/mol. The first-order valence-electron chi connectivity index (χ1n) is 6.91. The number of phenols is 1. The Bertz CT molecular complexity index is 598. The molecule has 0 fully saturated rings. The van der Waals surface area contributed by atoms with Crippen LogP contribution in [0.4, 0.5) is 10.1 Å². The quantitative estimate of drug-likeness (QED) is 0.886. The van der Waals surface area contributed by atoms with Gasteiger partial charge >= 0.3 is 0 Å². The highest BCUT2D eigenvalue weighted by Gasteiger charge is 2.11. The van der Waals surface area contributed by atoms with Crippen molar-refractivity contribution in [1.82, 2.24) is 0 Å². The number of anilines is 1. The van der Waals surface area contributed by atoms with Crippen LogP contribution in [0.2, 0.25) is 0 Å². The molecule has 0 aromatic heterocycles. The largest absolute Gasteiger partial charge is 0.508 e. The molecule has 2 aromatic carbocycles. The van der Waals surface area contributed by atoms with Crippen LogP contribution in [0, 0.1) is 12.7 Å². The van der Waals surface area contributed by atoms with Gasteiger partial charge in [-0.2, -0.15) is 0 Å². The Labute approximate surface area is 124 Å². The number of benzene rings is 2. The van der Waals surface area contributed by atoms with Crippen LogP contribution in [0.25, 0.3) is 0 Å². The van der Waals surface area contributed by atoms with E-state index in [1.807, 2.05) is 24.1 Å². The van der Waals surface area contributed by atoms with E-state index in [1.54, 1.807) is 31.2 Å². The van der Waals surface area contributed by atoms with Gasteiger partial charge in [-0.3, -0.25) is 0 Å². The van der Waals surface area contributed by atoms with E-state index in [0.29, 0.717) is 24.1 Å². The van der Waals surface area contributed by atoms with Gasteiger partial charge in [0.05, 0.1) is 6.10 Å². The van der Waals surface area contributed by atoms with E-state index in [-0.39, 0.29) is 11.6 Å². The molecule has 21 heavy (non-hydrogen) atoms. The zero-order valence-electron chi connectivity index (χ0n) is 12.3. The van der Waals surface area contributed by atoms with E-state index in [9.17, 15) is 14.6 Å². The van der Waals surface area contributed by atoms with Crippen LogP contribution in [-0.2, 0) is 0 Å². The summed E-state index contributed by atoms with van der Waals surface area (Å²) in [5.74, 6) is -0.0687. The lowest BCUT2D eigenvalue weighted by Crippen LogP contribution is -2.20. The summed E-state index contributed by atoms with van der Waals surface area (Å²) in [6.45, 7) is 2.32. The summed E-state index contributed by atoms with van der Waals surface area (Å²) in [7, 11) is 1.91. The van der Waals surface area contributed by atoms with Gasteiger partial charge in [-0.1, -0.05) is 12.1 Å². The summed E-state index contributed by atoms with van der Waals surface area (Å²) in [6.07, 6.45) is -0.195. The van der Waals surface area contributed by atoms with Gasteiger partial charge in [0.1, 0.15) is 11.6 Å². The number of aliphatic hydroxyl groups is 1. The number of aliphatic hydroxyl groups excluding tert-OH is 1. The molecule has 0 aliphatic heterocycles. The fourth-order valence-electron chi connectivity index (χ4n) is 2.14. The molecular formula is C17H20FNO2. The smallest absolute Gasteiger partial charge is 0.126 e. The van der Waals surface area contributed by atoms with Crippen molar-refractivity contribution in [1.29, 1.82) is 0 Å². The lowest BCUT2D eigenvalue weighted by molar-refractivity contribution is 0.169. The Morgan fingerprint density at radius 3 is 2.43 bits per heavy atom. The van der Waals surface area contributed by atoms with Crippen LogP contribution in [-0.4, -0.2) is 23.8 Å². The monoisotopic (exact) mass is 289 g/mol. The standard InChI is InChI=1S/C17H20FNO2/c1-12-3-4-13(11-16(12)18)17(21)9-10-19(2)14-5-7-15(20)8-6-14/h3-8,11,17,20-21H,9-10H2,1-2H3. The van der Waals surface area contributed by atoms with Crippen LogP contribution in [0.3, 0.4) is 0 Å². The van der Waals surface area contributed by atoms with Crippen molar-refractivity contribution < 1.29 is 14.6 Å². The van der Waals surface area contributed by atoms with Gasteiger partial charge in [0, 0.05) is 19.3 Å². The van der Waals surface area contributed by atoms with E-state index in [0.717, 1.165) is 5.69 Å². The average Bonchev–Trinajstić information content (AvgIpc) is 2.48. The number of halogens is 1. The first-order valence-corrected chi connectivity index (χ1v) is 6.91. The van der Waals surface area contributed by atoms with Crippen LogP contribution in [0.1, 0.15) is 23.7 Å². The Balaban J connectivity index is 1.95. The lowest BCUT2D eigenvalue weighted by Gasteiger charge is -2.21. The van der Waals surface area contributed by atoms with Gasteiger partial charge in [-0.05, 0) is 54.8 Å². The molecule has 4 heteroatoms. The summed E-state index contributed by atoms with van der Waals surface area (Å²) >= 11 is 0. The molecule has 0 aliphatic rings. The number of nitrogens with zero attached hydrogens (tertiary/aromatic N) is 1. The second-order valence-corrected chi connectivity index (χ2v) is 5.25. The topological polar surface area (TPSA) is 43.7 Å². The molecule has 0 spiro atoms. The minimum Gasteiger partial charge on any atom is -0.508 e. The van der Waals surface area contributed by atoms with E-state index < -0.39 is 6.10 Å². The van der Waals surface area contributed by atoms with Gasteiger partial charge in [0.15, 0.2) is 0 Å². The van der Waals surface area contributed by atoms with Gasteiger partial charge in [0.25, 0.3) is 0 Å². The third kappa shape index (κ3) is 3.95. The maximum Gasteiger partial charge on any atom is 0.126 e. The highest BCUT2D eigenvalue weighted by atomic mass is 19.1. The number of aryl methyl sites for hydroxylation is 1. The molecule has 1 unspecified atom stereocenters. The molecule has 2 aromatic rings. The van der Waals surface area contributed by atoms with Crippen molar-refractivity contribution in [3.05, 3.63) is 59.4 Å². The van der Waals surface area contributed by atoms with E-state index in [2.05, 4.69) is 0 Å². The maximum atomic E-state index is 13.5. The summed E-state index contributed by atoms with van der Waals surface area (Å²) in [4.78, 5) is 1.98. The van der Waals surface area contributed by atoms with Gasteiger partial charge in [-0.25, -0.2) is 4.39 Å². The summed E-state index contributed by atoms with van der Waals surface area (Å²) in [5.41, 5.74) is 2.12. The predicted molar refractivity (Wildman–Crippen MR) is 82.1 cm³/mol. The minimum atomic E-state index is -0.695. The van der Waals surface area contributed by atoms with Crippen molar-refractivity contribution in [2.24, 2.45) is 0 Å². The highest BCUT2D eigenvalue weighted by Crippen LogP contribution is 2.22. The number of hydrogen-bond acceptors (Lipinski definition) is 3. The van der Waals surface area contributed by atoms with Crippen molar-refractivity contribution in [3.8, 4) is 5.75 Å². The summed E-state index contributed by atoms with van der Waals surface area (Å²) < 4.78 is 13.5. The fraction of sp³-hybridized carbons (Fsp3) is 0.294. The number of aromatic hydroxyl groups is 1. The first-order chi connectivity index (χ1) is 9.97. The molecule has 0 heterocycles. The highest BCUT2D eigenvalue weighted by molar-refractivity contribution is 5.48. The minimum absolute atomic E-state index is 0.224. The van der Waals surface area contributed by atoms with Crippen molar-refractivity contribution >= 4 is 5.69 Å². The van der Waals surface area contributed by atoms with E-state index in [1.165, 1.54) is 6.07 Å². The van der Waals surface area contributed by atoms with Crippen LogP contribution in [0.5, 0.6) is 5.75 Å². The third-order valence-electron chi connectivity index (χ3n) is 3.61. The molecule has 112 valence electrons. The molecule has 0 saturated heterocycles. The molecule has 2 N–H and O–H groups in total. The van der Waals surface area contributed by atoms with Gasteiger partial charge in [-0.15, -0.1) is 0 Å². The van der Waals surface area contributed by atoms with E-state index in [4.69, 9.17) is 0 Å². The van der Waals surface area contributed by atoms with Crippen molar-refractivity contribution in [2.45, 2.75) is 19.4 Å². The lowest BCUT2D eigenvalue weighted by atomic mass is 10.0. The average molecular weight is 289 g/mol. The number of phenolic OH excluding ortho intramolecular Hbond substituents is 1. The molecule has 0 radical (unpaired) electrons. The van der Waals surface area contributed by atoms with Crippen molar-refractivity contribution in [2.75, 3.05) is 18.5 Å². The molecule has 3 nitrogen and oxygen atoms in total. The number of hydrogen-bond donors (Lipinski definition) is 2. The van der Waals surface area contributed by atoms with Crippen LogP contribution < -0.4 is 4.90 Å². The molecule has 0 bridgehead atoms. The first kappa shape index (κ1) is 15.3. The maximum absolute atomic E-state index is 13.5. The summed E-state index contributed by atoms with van der Waals surface area (Å²) in [5, 5.41) is 19.4. The van der Waals surface area contributed by atoms with Crippen LogP contribution >= 0.6 is 0 Å².